The molecule has 4 aromatic rings. The molecule has 0 aliphatic carbocycles. The van der Waals surface area contributed by atoms with Crippen molar-refractivity contribution in [2.75, 3.05) is 24.5 Å². The molecule has 1 aliphatic rings. The number of rotatable bonds is 7. The lowest BCUT2D eigenvalue weighted by Crippen LogP contribution is -2.35. The van der Waals surface area contributed by atoms with E-state index >= 15 is 0 Å². The van der Waals surface area contributed by atoms with Crippen molar-refractivity contribution in [2.24, 2.45) is 0 Å². The van der Waals surface area contributed by atoms with Gasteiger partial charge < -0.3 is 10.2 Å². The van der Waals surface area contributed by atoms with E-state index in [4.69, 9.17) is 4.98 Å². The Morgan fingerprint density at radius 3 is 2.41 bits per heavy atom. The van der Waals surface area contributed by atoms with Crippen molar-refractivity contribution in [3.63, 3.8) is 0 Å². The van der Waals surface area contributed by atoms with Crippen molar-refractivity contribution in [2.45, 2.75) is 32.2 Å². The van der Waals surface area contributed by atoms with E-state index < -0.39 is 0 Å². The fourth-order valence-corrected chi connectivity index (χ4v) is 5.36. The average Bonchev–Trinajstić information content (AvgIpc) is 3.33. The molecule has 1 saturated heterocycles. The molecule has 1 amide bonds. The first kappa shape index (κ1) is 22.3. The van der Waals surface area contributed by atoms with Crippen LogP contribution in [0.4, 0.5) is 5.13 Å². The van der Waals surface area contributed by atoms with Crippen LogP contribution in [0, 0.1) is 0 Å². The number of hydrogen-bond donors (Lipinski definition) is 1. The first-order chi connectivity index (χ1) is 16.7. The van der Waals surface area contributed by atoms with Gasteiger partial charge in [-0.05, 0) is 31.2 Å². The molecule has 8 heteroatoms. The van der Waals surface area contributed by atoms with Gasteiger partial charge in [0.15, 0.2) is 10.6 Å². The van der Waals surface area contributed by atoms with Crippen molar-refractivity contribution >= 4 is 32.6 Å². The topological polar surface area (TPSA) is 80.1 Å². The minimum atomic E-state index is -0.326. The SMILES string of the molecule is O=C(Cn1nc(-c2ccccc2)c2sc(N3CCCCC3)nc2c1=O)NCCc1ccccc1. The summed E-state index contributed by atoms with van der Waals surface area (Å²) in [4.78, 5) is 32.9. The lowest BCUT2D eigenvalue weighted by molar-refractivity contribution is -0.121. The van der Waals surface area contributed by atoms with Crippen molar-refractivity contribution in [1.29, 1.82) is 0 Å². The van der Waals surface area contributed by atoms with Crippen LogP contribution in [0.3, 0.4) is 0 Å². The van der Waals surface area contributed by atoms with Gasteiger partial charge in [-0.2, -0.15) is 5.10 Å². The van der Waals surface area contributed by atoms with Crippen molar-refractivity contribution < 1.29 is 4.79 Å². The quantitative estimate of drug-likeness (QED) is 0.441. The summed E-state index contributed by atoms with van der Waals surface area (Å²) in [7, 11) is 0. The van der Waals surface area contributed by atoms with Crippen LogP contribution in [-0.2, 0) is 17.8 Å². The van der Waals surface area contributed by atoms with E-state index in [0.717, 1.165) is 53.3 Å². The van der Waals surface area contributed by atoms with Crippen LogP contribution in [0.1, 0.15) is 24.8 Å². The monoisotopic (exact) mass is 473 g/mol. The van der Waals surface area contributed by atoms with Gasteiger partial charge >= 0.3 is 0 Å². The highest BCUT2D eigenvalue weighted by Gasteiger charge is 2.22. The molecule has 34 heavy (non-hydrogen) atoms. The van der Waals surface area contributed by atoms with E-state index in [-0.39, 0.29) is 18.0 Å². The molecule has 0 radical (unpaired) electrons. The maximum absolute atomic E-state index is 13.3. The molecule has 0 atom stereocenters. The predicted octanol–water partition coefficient (Wildman–Crippen LogP) is 3.87. The van der Waals surface area contributed by atoms with Crippen molar-refractivity contribution in [3.05, 3.63) is 76.6 Å². The summed E-state index contributed by atoms with van der Waals surface area (Å²) in [6.07, 6.45) is 4.22. The van der Waals surface area contributed by atoms with Crippen molar-refractivity contribution in [3.8, 4) is 11.3 Å². The molecule has 5 rings (SSSR count). The van der Waals surface area contributed by atoms with Crippen molar-refractivity contribution in [1.82, 2.24) is 20.1 Å². The van der Waals surface area contributed by atoms with E-state index in [1.54, 1.807) is 0 Å². The predicted molar refractivity (Wildman–Crippen MR) is 136 cm³/mol. The van der Waals surface area contributed by atoms with Gasteiger partial charge in [0.25, 0.3) is 5.56 Å². The number of aromatic nitrogens is 3. The number of thiazole rings is 1. The summed E-state index contributed by atoms with van der Waals surface area (Å²) in [5.74, 6) is -0.240. The molecule has 3 heterocycles. The average molecular weight is 474 g/mol. The van der Waals surface area contributed by atoms with Gasteiger partial charge in [0.2, 0.25) is 5.91 Å². The highest BCUT2D eigenvalue weighted by molar-refractivity contribution is 7.22. The Hall–Kier alpha value is -3.52. The van der Waals surface area contributed by atoms with Crippen LogP contribution >= 0.6 is 11.3 Å². The molecular weight excluding hydrogens is 446 g/mol. The van der Waals surface area contributed by atoms with Crippen LogP contribution in [0.2, 0.25) is 0 Å². The van der Waals surface area contributed by atoms with Crippen LogP contribution in [0.25, 0.3) is 21.5 Å². The summed E-state index contributed by atoms with van der Waals surface area (Å²) in [5.41, 5.74) is 2.80. The second kappa shape index (κ2) is 10.2. The van der Waals surface area contributed by atoms with Crippen LogP contribution in [-0.4, -0.2) is 40.3 Å². The summed E-state index contributed by atoms with van der Waals surface area (Å²) >= 11 is 1.52. The normalized spacial score (nSPS) is 13.8. The van der Waals surface area contributed by atoms with Gasteiger partial charge in [0.05, 0.1) is 4.70 Å². The van der Waals surface area contributed by atoms with Crippen LogP contribution in [0.15, 0.2) is 65.5 Å². The van der Waals surface area contributed by atoms with Gasteiger partial charge in [0.1, 0.15) is 12.2 Å². The number of carbonyl (C=O) groups excluding carboxylic acids is 1. The number of benzene rings is 2. The van der Waals surface area contributed by atoms with E-state index in [1.807, 2.05) is 60.7 Å². The second-order valence-corrected chi connectivity index (χ2v) is 9.46. The Kier molecular flexibility index (Phi) is 6.67. The first-order valence-corrected chi connectivity index (χ1v) is 12.5. The van der Waals surface area contributed by atoms with Gasteiger partial charge in [-0.25, -0.2) is 9.67 Å². The number of amides is 1. The summed E-state index contributed by atoms with van der Waals surface area (Å²) in [6.45, 7) is 2.26. The lowest BCUT2D eigenvalue weighted by Gasteiger charge is -2.25. The zero-order valence-electron chi connectivity index (χ0n) is 18.9. The maximum atomic E-state index is 13.3. The van der Waals surface area contributed by atoms with E-state index in [1.165, 1.54) is 22.4 Å². The molecule has 1 aliphatic heterocycles. The fraction of sp³-hybridized carbons (Fsp3) is 0.308. The largest absolute Gasteiger partial charge is 0.354 e. The number of carbonyl (C=O) groups is 1. The molecular formula is C26H27N5O2S. The minimum Gasteiger partial charge on any atom is -0.354 e. The summed E-state index contributed by atoms with van der Waals surface area (Å²) in [5, 5.41) is 8.39. The molecule has 7 nitrogen and oxygen atoms in total. The number of fused-ring (bicyclic) bond motifs is 1. The number of hydrogen-bond acceptors (Lipinski definition) is 6. The van der Waals surface area contributed by atoms with Gasteiger partial charge in [0, 0.05) is 25.2 Å². The lowest BCUT2D eigenvalue weighted by atomic mass is 10.1. The summed E-state index contributed by atoms with van der Waals surface area (Å²) < 4.78 is 2.03. The zero-order valence-corrected chi connectivity index (χ0v) is 19.8. The minimum absolute atomic E-state index is 0.139. The molecule has 1 fully saturated rings. The standard InChI is InChI=1S/C26H27N5O2S/c32-21(27-15-14-19-10-4-1-5-11-19)18-31-25(33)23-24(22(29-31)20-12-6-2-7-13-20)34-26(28-23)30-16-8-3-9-17-30/h1-2,4-7,10-13H,3,8-9,14-18H2,(H,27,32). The number of nitrogens with zero attached hydrogens (tertiary/aromatic N) is 4. The zero-order chi connectivity index (χ0) is 23.3. The second-order valence-electron chi connectivity index (χ2n) is 8.48. The Balaban J connectivity index is 1.43. The third-order valence-electron chi connectivity index (χ3n) is 6.03. The fourth-order valence-electron chi connectivity index (χ4n) is 4.24. The van der Waals surface area contributed by atoms with Gasteiger partial charge in [-0.3, -0.25) is 9.59 Å². The molecule has 0 unspecified atom stereocenters. The Bertz CT molecular complexity index is 1330. The molecule has 174 valence electrons. The van der Waals surface area contributed by atoms with Crippen LogP contribution in [0.5, 0.6) is 0 Å². The molecule has 0 bridgehead atoms. The Morgan fingerprint density at radius 1 is 0.971 bits per heavy atom. The smallest absolute Gasteiger partial charge is 0.294 e. The number of anilines is 1. The maximum Gasteiger partial charge on any atom is 0.294 e. The number of nitrogens with one attached hydrogen (secondary N) is 1. The van der Waals surface area contributed by atoms with Gasteiger partial charge in [-0.1, -0.05) is 72.0 Å². The van der Waals surface area contributed by atoms with E-state index in [9.17, 15) is 9.59 Å². The molecule has 2 aromatic heterocycles. The van der Waals surface area contributed by atoms with Crippen LogP contribution < -0.4 is 15.8 Å². The van der Waals surface area contributed by atoms with E-state index in [2.05, 4.69) is 15.3 Å². The Labute approximate surface area is 202 Å². The number of piperidine rings is 1. The van der Waals surface area contributed by atoms with Gasteiger partial charge in [-0.15, -0.1) is 0 Å². The highest BCUT2D eigenvalue weighted by Crippen LogP contribution is 2.34. The summed E-state index contributed by atoms with van der Waals surface area (Å²) in [6, 6.07) is 19.8. The Morgan fingerprint density at radius 2 is 1.68 bits per heavy atom. The third kappa shape index (κ3) is 4.87. The first-order valence-electron chi connectivity index (χ1n) is 11.7. The highest BCUT2D eigenvalue weighted by atomic mass is 32.1. The molecule has 2 aromatic carbocycles. The molecule has 0 spiro atoms. The molecule has 0 saturated carbocycles. The third-order valence-corrected chi connectivity index (χ3v) is 7.16. The molecule has 1 N–H and O–H groups in total. The van der Waals surface area contributed by atoms with E-state index in [0.29, 0.717) is 17.8 Å².